The lowest BCUT2D eigenvalue weighted by Gasteiger charge is -2.31. The van der Waals surface area contributed by atoms with Gasteiger partial charge in [0.05, 0.1) is 0 Å². The van der Waals surface area contributed by atoms with Crippen molar-refractivity contribution < 1.29 is 4.42 Å². The molecular weight excluding hydrogens is 292 g/mol. The van der Waals surface area contributed by atoms with Crippen LogP contribution in [0.2, 0.25) is 0 Å². The molecule has 2 heterocycles. The Labute approximate surface area is 137 Å². The van der Waals surface area contributed by atoms with Crippen LogP contribution in [0.25, 0.3) is 11.1 Å². The Morgan fingerprint density at radius 2 is 2.09 bits per heavy atom. The van der Waals surface area contributed by atoms with Crippen LogP contribution in [0.4, 0.5) is 0 Å². The molecule has 22 heavy (non-hydrogen) atoms. The number of hydrogen-bond acceptors (Lipinski definition) is 4. The molecule has 3 nitrogen and oxygen atoms in total. The van der Waals surface area contributed by atoms with Crippen molar-refractivity contribution >= 4 is 22.9 Å². The van der Waals surface area contributed by atoms with Gasteiger partial charge in [-0.15, -0.1) is 0 Å². The van der Waals surface area contributed by atoms with Crippen molar-refractivity contribution in [2.24, 2.45) is 5.92 Å². The number of piperidine rings is 1. The van der Waals surface area contributed by atoms with Crippen molar-refractivity contribution in [2.45, 2.75) is 44.3 Å². The van der Waals surface area contributed by atoms with E-state index in [9.17, 15) is 0 Å². The highest BCUT2D eigenvalue weighted by Crippen LogP contribution is 2.25. The summed E-state index contributed by atoms with van der Waals surface area (Å²) in [5, 5.41) is 0.805. The van der Waals surface area contributed by atoms with Gasteiger partial charge in [-0.1, -0.05) is 50.1 Å². The largest absolute Gasteiger partial charge is 0.431 e. The van der Waals surface area contributed by atoms with Crippen molar-refractivity contribution in [3.05, 3.63) is 24.3 Å². The number of benzene rings is 1. The topological polar surface area (TPSA) is 29.3 Å². The Bertz CT molecular complexity index is 542. The molecule has 0 atom stereocenters. The quantitative estimate of drug-likeness (QED) is 0.684. The minimum absolute atomic E-state index is 0.805. The van der Waals surface area contributed by atoms with Crippen LogP contribution < -0.4 is 0 Å². The van der Waals surface area contributed by atoms with E-state index in [2.05, 4.69) is 16.8 Å². The van der Waals surface area contributed by atoms with E-state index in [1.165, 1.54) is 45.2 Å². The van der Waals surface area contributed by atoms with E-state index >= 15 is 0 Å². The summed E-state index contributed by atoms with van der Waals surface area (Å²) < 4.78 is 5.75. The maximum Gasteiger partial charge on any atom is 0.256 e. The van der Waals surface area contributed by atoms with Gasteiger partial charge in [0, 0.05) is 12.3 Å². The van der Waals surface area contributed by atoms with Crippen LogP contribution in [-0.4, -0.2) is 35.3 Å². The molecule has 1 aliphatic heterocycles. The number of aromatic nitrogens is 1. The third-order valence-electron chi connectivity index (χ3n) is 4.58. The van der Waals surface area contributed by atoms with E-state index in [1.54, 1.807) is 11.8 Å². The molecule has 0 saturated carbocycles. The lowest BCUT2D eigenvalue weighted by Crippen LogP contribution is -2.35. The molecule has 1 fully saturated rings. The fourth-order valence-electron chi connectivity index (χ4n) is 3.17. The first-order valence-corrected chi connectivity index (χ1v) is 9.54. The van der Waals surface area contributed by atoms with E-state index in [1.807, 2.05) is 24.3 Å². The van der Waals surface area contributed by atoms with Crippen molar-refractivity contribution in [1.29, 1.82) is 0 Å². The molecule has 0 radical (unpaired) electrons. The molecule has 120 valence electrons. The molecule has 0 N–H and O–H groups in total. The van der Waals surface area contributed by atoms with Crippen LogP contribution in [0.1, 0.15) is 39.0 Å². The van der Waals surface area contributed by atoms with Crippen LogP contribution >= 0.6 is 11.8 Å². The first kappa shape index (κ1) is 15.9. The van der Waals surface area contributed by atoms with E-state index in [0.29, 0.717) is 0 Å². The van der Waals surface area contributed by atoms with Gasteiger partial charge in [-0.05, 0) is 44.0 Å². The first-order valence-electron chi connectivity index (χ1n) is 8.56. The number of oxazole rings is 1. The molecule has 1 aromatic heterocycles. The average Bonchev–Trinajstić information content (AvgIpc) is 2.97. The summed E-state index contributed by atoms with van der Waals surface area (Å²) in [6, 6.07) is 7.98. The van der Waals surface area contributed by atoms with Gasteiger partial charge in [0.1, 0.15) is 5.52 Å². The zero-order valence-corrected chi connectivity index (χ0v) is 14.3. The summed E-state index contributed by atoms with van der Waals surface area (Å²) in [6.07, 6.45) is 6.93. The first-order chi connectivity index (χ1) is 10.8. The van der Waals surface area contributed by atoms with Crippen molar-refractivity contribution in [2.75, 3.05) is 25.4 Å². The van der Waals surface area contributed by atoms with Gasteiger partial charge in [0.2, 0.25) is 0 Å². The monoisotopic (exact) mass is 318 g/mol. The van der Waals surface area contributed by atoms with E-state index in [-0.39, 0.29) is 0 Å². The van der Waals surface area contributed by atoms with Crippen LogP contribution in [0.5, 0.6) is 0 Å². The predicted molar refractivity (Wildman–Crippen MR) is 93.4 cm³/mol. The third kappa shape index (κ3) is 4.26. The standard InChI is InChI=1S/C18H26N2OS/c1-2-3-6-15-9-11-20(12-10-15)13-14-22-18-19-16-7-4-5-8-17(16)21-18/h4-5,7-8,15H,2-3,6,9-14H2,1H3. The van der Waals surface area contributed by atoms with E-state index in [4.69, 9.17) is 4.42 Å². The maximum absolute atomic E-state index is 5.75. The van der Waals surface area contributed by atoms with Gasteiger partial charge in [0.15, 0.2) is 5.58 Å². The maximum atomic E-state index is 5.75. The van der Waals surface area contributed by atoms with Gasteiger partial charge in [-0.25, -0.2) is 4.98 Å². The van der Waals surface area contributed by atoms with Crippen LogP contribution in [-0.2, 0) is 0 Å². The van der Waals surface area contributed by atoms with E-state index < -0.39 is 0 Å². The Morgan fingerprint density at radius 3 is 2.86 bits per heavy atom. The highest BCUT2D eigenvalue weighted by molar-refractivity contribution is 7.99. The summed E-state index contributed by atoms with van der Waals surface area (Å²) in [7, 11) is 0. The molecule has 0 unspecified atom stereocenters. The number of hydrogen-bond donors (Lipinski definition) is 0. The number of fused-ring (bicyclic) bond motifs is 1. The Hall–Kier alpha value is -1.00. The smallest absolute Gasteiger partial charge is 0.256 e. The van der Waals surface area contributed by atoms with Crippen LogP contribution in [0.3, 0.4) is 0 Å². The number of unbranched alkanes of at least 4 members (excludes halogenated alkanes) is 1. The molecule has 0 bridgehead atoms. The second-order valence-corrected chi connectivity index (χ2v) is 7.27. The highest BCUT2D eigenvalue weighted by Gasteiger charge is 2.18. The zero-order valence-electron chi connectivity index (χ0n) is 13.5. The molecule has 2 aromatic rings. The van der Waals surface area contributed by atoms with Crippen molar-refractivity contribution in [1.82, 2.24) is 9.88 Å². The summed E-state index contributed by atoms with van der Waals surface area (Å²) in [6.45, 7) is 5.97. The van der Waals surface area contributed by atoms with Crippen LogP contribution in [0, 0.1) is 5.92 Å². The molecule has 4 heteroatoms. The van der Waals surface area contributed by atoms with E-state index in [0.717, 1.165) is 34.5 Å². The number of likely N-dealkylation sites (tertiary alicyclic amines) is 1. The normalized spacial score (nSPS) is 17.3. The lowest BCUT2D eigenvalue weighted by atomic mass is 9.92. The van der Waals surface area contributed by atoms with Crippen LogP contribution in [0.15, 0.2) is 33.9 Å². The third-order valence-corrected chi connectivity index (χ3v) is 5.39. The summed E-state index contributed by atoms with van der Waals surface area (Å²) in [4.78, 5) is 7.11. The van der Waals surface area contributed by atoms with Crippen molar-refractivity contribution in [3.8, 4) is 0 Å². The SMILES string of the molecule is CCCCC1CCN(CCSc2nc3ccccc3o2)CC1. The lowest BCUT2D eigenvalue weighted by molar-refractivity contribution is 0.186. The molecule has 0 spiro atoms. The van der Waals surface area contributed by atoms with Gasteiger partial charge in [0.25, 0.3) is 5.22 Å². The molecule has 1 aliphatic rings. The summed E-state index contributed by atoms with van der Waals surface area (Å²) in [5.41, 5.74) is 1.85. The minimum Gasteiger partial charge on any atom is -0.431 e. The number of nitrogens with zero attached hydrogens (tertiary/aromatic N) is 2. The zero-order chi connectivity index (χ0) is 15.2. The minimum atomic E-state index is 0.805. The second kappa shape index (κ2) is 8.02. The summed E-state index contributed by atoms with van der Waals surface area (Å²) >= 11 is 1.74. The Morgan fingerprint density at radius 1 is 1.27 bits per heavy atom. The molecule has 0 amide bonds. The molecule has 1 aromatic carbocycles. The number of rotatable bonds is 7. The molecule has 3 rings (SSSR count). The fourth-order valence-corrected chi connectivity index (χ4v) is 4.00. The Kier molecular flexibility index (Phi) is 5.79. The van der Waals surface area contributed by atoms with Crippen molar-refractivity contribution in [3.63, 3.8) is 0 Å². The Balaban J connectivity index is 1.38. The number of para-hydroxylation sites is 2. The summed E-state index contributed by atoms with van der Waals surface area (Å²) in [5.74, 6) is 2.04. The molecular formula is C18H26N2OS. The second-order valence-electron chi connectivity index (χ2n) is 6.22. The van der Waals surface area contributed by atoms with Gasteiger partial charge in [-0.3, -0.25) is 0 Å². The molecule has 1 saturated heterocycles. The van der Waals surface area contributed by atoms with Gasteiger partial charge < -0.3 is 9.32 Å². The predicted octanol–water partition coefficient (Wildman–Crippen LogP) is 4.82. The number of thioether (sulfide) groups is 1. The van der Waals surface area contributed by atoms with Gasteiger partial charge >= 0.3 is 0 Å². The molecule has 0 aliphatic carbocycles. The highest BCUT2D eigenvalue weighted by atomic mass is 32.2. The fraction of sp³-hybridized carbons (Fsp3) is 0.611. The van der Waals surface area contributed by atoms with Gasteiger partial charge in [-0.2, -0.15) is 0 Å². The average molecular weight is 318 g/mol.